The van der Waals surface area contributed by atoms with Crippen molar-refractivity contribution in [2.24, 2.45) is 5.92 Å². The smallest absolute Gasteiger partial charge is 0.462 e. The highest BCUT2D eigenvalue weighted by Crippen LogP contribution is 2.45. The minimum absolute atomic E-state index is 0.107. The maximum absolute atomic E-state index is 13.1. The highest BCUT2D eigenvalue weighted by atomic mass is 31.2. The summed E-state index contributed by atoms with van der Waals surface area (Å²) in [5.41, 5.74) is 0. The lowest BCUT2D eigenvalue weighted by molar-refractivity contribution is -0.161. The van der Waals surface area contributed by atoms with E-state index in [0.29, 0.717) is 25.7 Å². The number of aliphatic hydroxyl groups excluding tert-OH is 1. The summed E-state index contributed by atoms with van der Waals surface area (Å²) in [7, 11) is -9.91. The van der Waals surface area contributed by atoms with Crippen LogP contribution in [0.5, 0.6) is 0 Å². The summed E-state index contributed by atoms with van der Waals surface area (Å²) < 4.78 is 68.6. The van der Waals surface area contributed by atoms with Crippen molar-refractivity contribution in [2.75, 3.05) is 39.6 Å². The quantitative estimate of drug-likeness (QED) is 0.0222. The second-order valence-electron chi connectivity index (χ2n) is 28.9. The molecule has 0 aliphatic rings. The number of carbonyl (C=O) groups excluding carboxylic acids is 4. The maximum atomic E-state index is 13.1. The fraction of sp³-hybridized carbons (Fsp3) is 0.949. The van der Waals surface area contributed by atoms with Gasteiger partial charge in [0.2, 0.25) is 0 Å². The molecule has 0 spiro atoms. The van der Waals surface area contributed by atoms with Crippen molar-refractivity contribution >= 4 is 39.5 Å². The first-order chi connectivity index (χ1) is 47.5. The molecule has 0 amide bonds. The molecular weight excluding hydrogens is 1280 g/mol. The van der Waals surface area contributed by atoms with Crippen LogP contribution in [0.25, 0.3) is 0 Å². The van der Waals surface area contributed by atoms with E-state index in [-0.39, 0.29) is 25.7 Å². The van der Waals surface area contributed by atoms with Gasteiger partial charge < -0.3 is 33.8 Å². The highest BCUT2D eigenvalue weighted by Gasteiger charge is 2.30. The number of hydrogen-bond acceptors (Lipinski definition) is 15. The van der Waals surface area contributed by atoms with Crippen molar-refractivity contribution in [3.8, 4) is 0 Å². The maximum Gasteiger partial charge on any atom is 0.472 e. The molecule has 98 heavy (non-hydrogen) atoms. The first-order valence-electron chi connectivity index (χ1n) is 41.1. The van der Waals surface area contributed by atoms with E-state index in [1.165, 1.54) is 244 Å². The topological polar surface area (TPSA) is 237 Å². The van der Waals surface area contributed by atoms with Crippen molar-refractivity contribution < 1.29 is 80.2 Å². The molecule has 0 aromatic rings. The Morgan fingerprint density at radius 1 is 0.276 bits per heavy atom. The Labute approximate surface area is 600 Å². The van der Waals surface area contributed by atoms with Gasteiger partial charge in [-0.1, -0.05) is 369 Å². The zero-order valence-electron chi connectivity index (χ0n) is 63.9. The largest absolute Gasteiger partial charge is 0.472 e. The van der Waals surface area contributed by atoms with E-state index in [9.17, 15) is 43.2 Å². The summed E-state index contributed by atoms with van der Waals surface area (Å²) in [5.74, 6) is -1.38. The fourth-order valence-corrected chi connectivity index (χ4v) is 13.8. The van der Waals surface area contributed by atoms with E-state index < -0.39 is 97.5 Å². The van der Waals surface area contributed by atoms with Crippen molar-refractivity contribution in [2.45, 2.75) is 438 Å². The third-order valence-corrected chi connectivity index (χ3v) is 20.4. The minimum atomic E-state index is -4.96. The van der Waals surface area contributed by atoms with Gasteiger partial charge in [-0.3, -0.25) is 37.3 Å². The van der Waals surface area contributed by atoms with Gasteiger partial charge in [0, 0.05) is 25.7 Å². The lowest BCUT2D eigenvalue weighted by atomic mass is 10.0. The molecule has 0 rings (SSSR count). The first kappa shape index (κ1) is 96.1. The van der Waals surface area contributed by atoms with Crippen LogP contribution in [0.15, 0.2) is 0 Å². The van der Waals surface area contributed by atoms with E-state index >= 15 is 0 Å². The van der Waals surface area contributed by atoms with E-state index in [0.717, 1.165) is 95.8 Å². The molecule has 0 saturated carbocycles. The van der Waals surface area contributed by atoms with Gasteiger partial charge in [-0.25, -0.2) is 9.13 Å². The van der Waals surface area contributed by atoms with E-state index in [2.05, 4.69) is 34.6 Å². The van der Waals surface area contributed by atoms with Crippen LogP contribution in [-0.2, 0) is 65.4 Å². The number of unbranched alkanes of at least 4 members (excludes halogenated alkanes) is 51. The van der Waals surface area contributed by atoms with Gasteiger partial charge >= 0.3 is 39.5 Å². The number of ether oxygens (including phenoxy) is 4. The van der Waals surface area contributed by atoms with Gasteiger partial charge in [-0.2, -0.15) is 0 Å². The Balaban J connectivity index is 5.22. The predicted molar refractivity (Wildman–Crippen MR) is 400 cm³/mol. The number of rotatable bonds is 79. The van der Waals surface area contributed by atoms with Gasteiger partial charge in [0.1, 0.15) is 19.3 Å². The lowest BCUT2D eigenvalue weighted by Crippen LogP contribution is -2.30. The third kappa shape index (κ3) is 72.4. The highest BCUT2D eigenvalue weighted by molar-refractivity contribution is 7.47. The van der Waals surface area contributed by atoms with Crippen LogP contribution in [0, 0.1) is 5.92 Å². The van der Waals surface area contributed by atoms with Crippen LogP contribution in [-0.4, -0.2) is 96.7 Å². The molecule has 19 heteroatoms. The number of phosphoric ester groups is 2. The average molecular weight is 1440 g/mol. The Hall–Kier alpha value is -1.94. The molecular formula is C79H154O17P2. The zero-order chi connectivity index (χ0) is 71.9. The summed E-state index contributed by atoms with van der Waals surface area (Å²) in [6.07, 6.45) is 62.4. The fourth-order valence-electron chi connectivity index (χ4n) is 12.2. The van der Waals surface area contributed by atoms with Crippen LogP contribution < -0.4 is 0 Å². The van der Waals surface area contributed by atoms with Crippen LogP contribution in [0.4, 0.5) is 0 Å². The first-order valence-corrected chi connectivity index (χ1v) is 44.1. The Bertz CT molecular complexity index is 1870. The van der Waals surface area contributed by atoms with Gasteiger partial charge in [-0.05, 0) is 31.6 Å². The lowest BCUT2D eigenvalue weighted by Gasteiger charge is -2.21. The molecule has 0 radical (unpaired) electrons. The normalized spacial score (nSPS) is 13.9. The summed E-state index contributed by atoms with van der Waals surface area (Å²) in [6.45, 7) is 7.28. The average Bonchev–Trinajstić information content (AvgIpc) is 1.16. The number of aliphatic hydroxyl groups is 1. The summed E-state index contributed by atoms with van der Waals surface area (Å²) in [4.78, 5) is 72.9. The molecule has 3 N–H and O–H groups in total. The van der Waals surface area contributed by atoms with Crippen LogP contribution in [0.1, 0.15) is 420 Å². The molecule has 0 aromatic carbocycles. The molecule has 0 bridgehead atoms. The van der Waals surface area contributed by atoms with Crippen molar-refractivity contribution in [3.05, 3.63) is 0 Å². The molecule has 0 aliphatic heterocycles. The second kappa shape index (κ2) is 72.0. The second-order valence-corrected chi connectivity index (χ2v) is 31.8. The molecule has 2 unspecified atom stereocenters. The number of carbonyl (C=O) groups is 4. The zero-order valence-corrected chi connectivity index (χ0v) is 65.7. The summed E-state index contributed by atoms with van der Waals surface area (Å²) >= 11 is 0. The molecule has 0 heterocycles. The molecule has 17 nitrogen and oxygen atoms in total. The number of phosphoric acid groups is 2. The molecule has 0 saturated heterocycles. The number of esters is 4. The Kier molecular flexibility index (Phi) is 70.6. The van der Waals surface area contributed by atoms with Crippen molar-refractivity contribution in [1.29, 1.82) is 0 Å². The van der Waals surface area contributed by atoms with E-state index in [4.69, 9.17) is 37.0 Å². The minimum Gasteiger partial charge on any atom is -0.462 e. The van der Waals surface area contributed by atoms with Crippen LogP contribution in [0.3, 0.4) is 0 Å². The molecule has 0 fully saturated rings. The van der Waals surface area contributed by atoms with Crippen molar-refractivity contribution in [1.82, 2.24) is 0 Å². The van der Waals surface area contributed by atoms with E-state index in [1.807, 2.05) is 0 Å². The SMILES string of the molecule is CCCCCCCCCCCCCCCCCCCCCCC(=O)O[C@H](COC(=O)CCCCCCCCCCCCCCCCC)COP(=O)(O)OC[C@@H](O)COP(=O)(O)OC[C@@H](COC(=O)CCCCCCCCCCC(C)C)OC(=O)CCCCCCCCCCCCCC. The molecule has 5 atom stereocenters. The molecule has 582 valence electrons. The molecule has 0 aromatic heterocycles. The predicted octanol–water partition coefficient (Wildman–Crippen LogP) is 23.6. The Morgan fingerprint density at radius 2 is 0.469 bits per heavy atom. The number of hydrogen-bond donors (Lipinski definition) is 3. The Morgan fingerprint density at radius 3 is 0.694 bits per heavy atom. The standard InChI is InChI=1S/C79H154O17P2/c1-6-9-12-15-18-21-24-27-29-30-31-32-33-35-37-40-43-50-55-60-65-79(84)95-74(68-89-76(81)62-57-52-47-41-39-36-34-28-25-22-19-16-13-10-7-2)70-93-97(85,86)91-66-73(80)67-92-98(87,88)94-71-75(69-90-77(82)63-58-53-48-45-44-46-51-56-61-72(4)5)96-78(83)64-59-54-49-42-38-26-23-20-17-14-11-8-3/h72-75,80H,6-71H2,1-5H3,(H,85,86)(H,87,88)/t73-,74-,75-/m1/s1. The van der Waals surface area contributed by atoms with E-state index in [1.54, 1.807) is 0 Å². The van der Waals surface area contributed by atoms with Gasteiger partial charge in [-0.15, -0.1) is 0 Å². The van der Waals surface area contributed by atoms with Gasteiger partial charge in [0.15, 0.2) is 12.2 Å². The van der Waals surface area contributed by atoms with Gasteiger partial charge in [0.25, 0.3) is 0 Å². The molecule has 0 aliphatic carbocycles. The summed E-state index contributed by atoms with van der Waals surface area (Å²) in [6, 6.07) is 0. The summed E-state index contributed by atoms with van der Waals surface area (Å²) in [5, 5.41) is 10.6. The third-order valence-electron chi connectivity index (χ3n) is 18.5. The van der Waals surface area contributed by atoms with Gasteiger partial charge in [0.05, 0.1) is 26.4 Å². The van der Waals surface area contributed by atoms with Crippen LogP contribution in [0.2, 0.25) is 0 Å². The monoisotopic (exact) mass is 1440 g/mol. The van der Waals surface area contributed by atoms with Crippen LogP contribution >= 0.6 is 15.6 Å². The van der Waals surface area contributed by atoms with Crippen molar-refractivity contribution in [3.63, 3.8) is 0 Å².